The third-order valence-electron chi connectivity index (χ3n) is 1.48. The van der Waals surface area contributed by atoms with E-state index in [-0.39, 0.29) is 5.78 Å². The first-order chi connectivity index (χ1) is 5.97. The molecule has 0 aliphatic carbocycles. The lowest BCUT2D eigenvalue weighted by Crippen LogP contribution is -2.03. The molecule has 0 aliphatic heterocycles. The van der Waals surface area contributed by atoms with Crippen LogP contribution < -0.4 is 0 Å². The summed E-state index contributed by atoms with van der Waals surface area (Å²) in [4.78, 5) is 10.9. The minimum Gasteiger partial charge on any atom is -0.300 e. The van der Waals surface area contributed by atoms with Gasteiger partial charge in [0.05, 0.1) is 0 Å². The van der Waals surface area contributed by atoms with Crippen molar-refractivity contribution in [3.05, 3.63) is 9.81 Å². The van der Waals surface area contributed by atoms with Gasteiger partial charge >= 0.3 is 0 Å². The van der Waals surface area contributed by atoms with Gasteiger partial charge in [0.1, 0.15) is 5.78 Å². The van der Waals surface area contributed by atoms with E-state index in [4.69, 9.17) is 0 Å². The minimum absolute atomic E-state index is 0.272. The van der Waals surface area contributed by atoms with Gasteiger partial charge in [-0.25, -0.2) is 0 Å². The summed E-state index contributed by atoms with van der Waals surface area (Å²) in [6.45, 7) is 7.97. The van der Waals surface area contributed by atoms with Crippen LogP contribution >= 0.6 is 23.5 Å². The second kappa shape index (κ2) is 6.55. The Labute approximate surface area is 89.7 Å². The molecular weight excluding hydrogens is 200 g/mol. The topological polar surface area (TPSA) is 17.1 Å². The van der Waals surface area contributed by atoms with Crippen molar-refractivity contribution in [3.8, 4) is 0 Å². The van der Waals surface area contributed by atoms with Crippen molar-refractivity contribution >= 4 is 29.3 Å². The Morgan fingerprint density at radius 3 is 2.15 bits per heavy atom. The van der Waals surface area contributed by atoms with E-state index in [0.717, 1.165) is 0 Å². The van der Waals surface area contributed by atoms with Crippen LogP contribution in [0.1, 0.15) is 34.1 Å². The molecular formula is C10H18OS2. The average Bonchev–Trinajstić information content (AvgIpc) is 1.98. The molecule has 0 bridgehead atoms. The van der Waals surface area contributed by atoms with E-state index in [1.54, 1.807) is 30.4 Å². The van der Waals surface area contributed by atoms with Gasteiger partial charge in [-0.05, 0) is 27.0 Å². The quantitative estimate of drug-likeness (QED) is 0.700. The van der Waals surface area contributed by atoms with E-state index in [1.807, 2.05) is 0 Å². The molecule has 13 heavy (non-hydrogen) atoms. The molecule has 0 heterocycles. The Morgan fingerprint density at radius 2 is 1.85 bits per heavy atom. The van der Waals surface area contributed by atoms with Crippen LogP contribution in [0.4, 0.5) is 0 Å². The van der Waals surface area contributed by atoms with Gasteiger partial charge in [0.2, 0.25) is 0 Å². The monoisotopic (exact) mass is 218 g/mol. The number of ketones is 1. The van der Waals surface area contributed by atoms with Crippen molar-refractivity contribution < 1.29 is 4.79 Å². The summed E-state index contributed by atoms with van der Waals surface area (Å²) in [5, 5.41) is 0.398. The first kappa shape index (κ1) is 13.1. The first-order valence-electron chi connectivity index (χ1n) is 4.35. The number of hydrogen-bond donors (Lipinski definition) is 0. The Hall–Kier alpha value is 0.110. The predicted molar refractivity (Wildman–Crippen MR) is 64.2 cm³/mol. The van der Waals surface area contributed by atoms with Gasteiger partial charge < -0.3 is 0 Å². The Morgan fingerprint density at radius 1 is 1.31 bits per heavy atom. The minimum atomic E-state index is 0.272. The number of carbonyl (C=O) groups excluding carboxylic acids is 1. The highest BCUT2D eigenvalue weighted by Gasteiger charge is 2.09. The predicted octanol–water partition coefficient (Wildman–Crippen LogP) is 3.70. The summed E-state index contributed by atoms with van der Waals surface area (Å²) in [7, 11) is 0. The standard InChI is InChI=1S/C10H18OS2/c1-7(2)10(12-5)13-9(4)6-8(3)11/h9H,6H2,1-5H3. The van der Waals surface area contributed by atoms with Crippen LogP contribution in [-0.2, 0) is 4.79 Å². The lowest BCUT2D eigenvalue weighted by molar-refractivity contribution is -0.116. The lowest BCUT2D eigenvalue weighted by atomic mass is 10.2. The van der Waals surface area contributed by atoms with E-state index in [2.05, 4.69) is 27.0 Å². The molecule has 0 aromatic heterocycles. The number of carbonyl (C=O) groups is 1. The summed E-state index contributed by atoms with van der Waals surface area (Å²) in [6.07, 6.45) is 2.75. The van der Waals surface area contributed by atoms with Crippen LogP contribution in [0.2, 0.25) is 0 Å². The largest absolute Gasteiger partial charge is 0.300 e. The second-order valence-electron chi connectivity index (χ2n) is 3.33. The fourth-order valence-corrected chi connectivity index (χ4v) is 3.20. The summed E-state index contributed by atoms with van der Waals surface area (Å²) < 4.78 is 1.34. The number of thioether (sulfide) groups is 2. The van der Waals surface area contributed by atoms with Gasteiger partial charge in [-0.1, -0.05) is 12.5 Å². The molecule has 0 saturated carbocycles. The van der Waals surface area contributed by atoms with Crippen molar-refractivity contribution in [3.63, 3.8) is 0 Å². The van der Waals surface area contributed by atoms with Crippen LogP contribution in [0.25, 0.3) is 0 Å². The summed E-state index contributed by atoms with van der Waals surface area (Å²) in [6, 6.07) is 0. The van der Waals surface area contributed by atoms with E-state index >= 15 is 0 Å². The average molecular weight is 218 g/mol. The van der Waals surface area contributed by atoms with E-state index in [9.17, 15) is 4.79 Å². The second-order valence-corrected chi connectivity index (χ2v) is 5.85. The maximum absolute atomic E-state index is 10.9. The zero-order chi connectivity index (χ0) is 10.4. The number of hydrogen-bond acceptors (Lipinski definition) is 3. The molecule has 0 aromatic carbocycles. The highest BCUT2D eigenvalue weighted by molar-refractivity contribution is 8.22. The molecule has 0 aliphatic rings. The molecule has 0 aromatic rings. The first-order valence-corrected chi connectivity index (χ1v) is 6.45. The summed E-state index contributed by atoms with van der Waals surface area (Å²) >= 11 is 3.57. The molecule has 76 valence electrons. The molecule has 0 N–H and O–H groups in total. The molecule has 3 heteroatoms. The number of rotatable bonds is 5. The van der Waals surface area contributed by atoms with E-state index in [0.29, 0.717) is 11.7 Å². The third kappa shape index (κ3) is 6.22. The molecule has 0 spiro atoms. The van der Waals surface area contributed by atoms with Gasteiger partial charge in [-0.3, -0.25) is 4.79 Å². The van der Waals surface area contributed by atoms with Crippen molar-refractivity contribution in [2.75, 3.05) is 6.26 Å². The van der Waals surface area contributed by atoms with Crippen molar-refractivity contribution in [1.29, 1.82) is 0 Å². The van der Waals surface area contributed by atoms with Gasteiger partial charge in [0.15, 0.2) is 0 Å². The zero-order valence-corrected chi connectivity index (χ0v) is 10.6. The molecule has 0 rings (SSSR count). The maximum Gasteiger partial charge on any atom is 0.130 e. The molecule has 0 saturated heterocycles. The fraction of sp³-hybridized carbons (Fsp3) is 0.700. The summed E-state index contributed by atoms with van der Waals surface area (Å²) in [5.41, 5.74) is 1.34. The molecule has 0 radical (unpaired) electrons. The van der Waals surface area contributed by atoms with Gasteiger partial charge in [0.25, 0.3) is 0 Å². The Kier molecular flexibility index (Phi) is 6.60. The van der Waals surface area contributed by atoms with Crippen molar-refractivity contribution in [2.45, 2.75) is 39.4 Å². The Balaban J connectivity index is 4.10. The molecule has 1 atom stereocenters. The highest BCUT2D eigenvalue weighted by atomic mass is 32.2. The molecule has 0 amide bonds. The van der Waals surface area contributed by atoms with Crippen LogP contribution in [0.15, 0.2) is 9.81 Å². The van der Waals surface area contributed by atoms with Crippen LogP contribution in [0.3, 0.4) is 0 Å². The molecule has 1 unspecified atom stereocenters. The lowest BCUT2D eigenvalue weighted by Gasteiger charge is -2.11. The Bertz CT molecular complexity index is 205. The normalized spacial score (nSPS) is 12.4. The van der Waals surface area contributed by atoms with Crippen molar-refractivity contribution in [1.82, 2.24) is 0 Å². The summed E-state index contributed by atoms with van der Waals surface area (Å²) in [5.74, 6) is 0.272. The third-order valence-corrected chi connectivity index (χ3v) is 4.24. The van der Waals surface area contributed by atoms with Gasteiger partial charge in [0, 0.05) is 15.9 Å². The van der Waals surface area contributed by atoms with Crippen LogP contribution in [-0.4, -0.2) is 17.3 Å². The number of allylic oxidation sites excluding steroid dienone is 1. The number of Topliss-reactive ketones (excluding diaryl/α,β-unsaturated/α-hetero) is 1. The molecule has 1 nitrogen and oxygen atoms in total. The van der Waals surface area contributed by atoms with Gasteiger partial charge in [-0.15, -0.1) is 23.5 Å². The van der Waals surface area contributed by atoms with Gasteiger partial charge in [-0.2, -0.15) is 0 Å². The van der Waals surface area contributed by atoms with Crippen LogP contribution in [0.5, 0.6) is 0 Å². The van der Waals surface area contributed by atoms with E-state index in [1.165, 1.54) is 9.81 Å². The molecule has 0 fully saturated rings. The smallest absolute Gasteiger partial charge is 0.130 e. The van der Waals surface area contributed by atoms with E-state index < -0.39 is 0 Å². The van der Waals surface area contributed by atoms with Crippen LogP contribution in [0, 0.1) is 0 Å². The van der Waals surface area contributed by atoms with Crippen molar-refractivity contribution in [2.24, 2.45) is 0 Å². The zero-order valence-electron chi connectivity index (χ0n) is 9.01. The SMILES string of the molecule is CSC(SC(C)CC(C)=O)=C(C)C. The fourth-order valence-electron chi connectivity index (χ4n) is 0.999. The highest BCUT2D eigenvalue weighted by Crippen LogP contribution is 2.33. The maximum atomic E-state index is 10.9.